The van der Waals surface area contributed by atoms with Gasteiger partial charge in [-0.25, -0.2) is 0 Å². The fourth-order valence-corrected chi connectivity index (χ4v) is 9.96. The molecule has 0 bridgehead atoms. The summed E-state index contributed by atoms with van der Waals surface area (Å²) in [5.74, 6) is 0.828. The van der Waals surface area contributed by atoms with Crippen molar-refractivity contribution in [3.05, 3.63) is 60.7 Å². The first-order chi connectivity index (χ1) is 12.8. The molecule has 2 unspecified atom stereocenters. The van der Waals surface area contributed by atoms with Crippen LogP contribution >= 0.6 is 0 Å². The smallest absolute Gasteiger partial charge is 0.261 e. The van der Waals surface area contributed by atoms with E-state index < -0.39 is 8.32 Å². The zero-order valence-corrected chi connectivity index (χ0v) is 17.4. The topological polar surface area (TPSA) is 52.3 Å². The fourth-order valence-electron chi connectivity index (χ4n) is 5.25. The zero-order chi connectivity index (χ0) is 19.2. The molecule has 4 atom stereocenters. The minimum atomic E-state index is -2.49. The Bertz CT molecular complexity index is 764. The molecule has 0 aliphatic heterocycles. The number of carbonyl (C=O) groups excluding carboxylic acids is 1. The van der Waals surface area contributed by atoms with Crippen LogP contribution in [0.25, 0.3) is 0 Å². The molecule has 0 heterocycles. The maximum Gasteiger partial charge on any atom is 0.261 e. The third-order valence-electron chi connectivity index (χ3n) is 6.49. The van der Waals surface area contributed by atoms with Gasteiger partial charge in [0.2, 0.25) is 5.91 Å². The highest BCUT2D eigenvalue weighted by Crippen LogP contribution is 2.58. The molecule has 0 aromatic heterocycles. The van der Waals surface area contributed by atoms with Crippen LogP contribution in [-0.2, 0) is 9.22 Å². The van der Waals surface area contributed by atoms with E-state index in [-0.39, 0.29) is 23.0 Å². The summed E-state index contributed by atoms with van der Waals surface area (Å²) in [6.07, 6.45) is 2.13. The number of amides is 1. The third kappa shape index (κ3) is 3.05. The van der Waals surface area contributed by atoms with Crippen LogP contribution in [0.1, 0.15) is 33.6 Å². The Labute approximate surface area is 163 Å². The lowest BCUT2D eigenvalue weighted by Crippen LogP contribution is -2.67. The SMILES string of the molecule is CC(C)(C)[Si](OC1C[C@@H]2C(C(N)=O)[C@@H]2C1)(c1ccccc1)c1ccccc1. The molecule has 2 aromatic rings. The minimum absolute atomic E-state index is 0.00836. The first-order valence-corrected chi connectivity index (χ1v) is 11.8. The molecule has 0 saturated heterocycles. The normalized spacial score (nSPS) is 27.2. The molecule has 2 aliphatic rings. The standard InChI is InChI=1S/C23H29NO2Si/c1-23(2,3)27(17-10-6-4-7-11-17,18-12-8-5-9-13-18)26-16-14-19-20(15-16)21(19)22(24)25/h4-13,16,19-21H,14-15H2,1-3H3,(H2,24,25)/t16?,19-,20+,21?. The van der Waals surface area contributed by atoms with Gasteiger partial charge >= 0.3 is 0 Å². The van der Waals surface area contributed by atoms with Gasteiger partial charge in [0, 0.05) is 12.0 Å². The first kappa shape index (κ1) is 18.5. The largest absolute Gasteiger partial charge is 0.404 e. The van der Waals surface area contributed by atoms with Gasteiger partial charge in [-0.15, -0.1) is 0 Å². The van der Waals surface area contributed by atoms with Crippen molar-refractivity contribution in [3.8, 4) is 0 Å². The van der Waals surface area contributed by atoms with Crippen molar-refractivity contribution >= 4 is 24.6 Å². The van der Waals surface area contributed by atoms with Gasteiger partial charge in [-0.05, 0) is 40.1 Å². The van der Waals surface area contributed by atoms with Gasteiger partial charge in [0.1, 0.15) is 0 Å². The van der Waals surface area contributed by atoms with Crippen LogP contribution in [0.15, 0.2) is 60.7 Å². The van der Waals surface area contributed by atoms with Gasteiger partial charge in [0.05, 0.1) is 0 Å². The van der Waals surface area contributed by atoms with E-state index in [1.54, 1.807) is 0 Å². The van der Waals surface area contributed by atoms with Gasteiger partial charge in [0.25, 0.3) is 8.32 Å². The third-order valence-corrected chi connectivity index (χ3v) is 11.6. The lowest BCUT2D eigenvalue weighted by molar-refractivity contribution is -0.120. The highest BCUT2D eigenvalue weighted by molar-refractivity contribution is 6.99. The molecule has 27 heavy (non-hydrogen) atoms. The first-order valence-electron chi connectivity index (χ1n) is 9.93. The summed E-state index contributed by atoms with van der Waals surface area (Å²) in [6.45, 7) is 6.92. The van der Waals surface area contributed by atoms with Gasteiger partial charge < -0.3 is 10.2 Å². The van der Waals surface area contributed by atoms with Gasteiger partial charge in [-0.2, -0.15) is 0 Å². The maximum absolute atomic E-state index is 11.6. The molecule has 0 spiro atoms. The van der Waals surface area contributed by atoms with Crippen molar-refractivity contribution in [2.45, 2.75) is 44.8 Å². The second-order valence-electron chi connectivity index (χ2n) is 9.13. The summed E-state index contributed by atoms with van der Waals surface area (Å²) in [5.41, 5.74) is 5.54. The Kier molecular flexibility index (Phi) is 4.51. The van der Waals surface area contributed by atoms with Crippen LogP contribution in [0.4, 0.5) is 0 Å². The van der Waals surface area contributed by atoms with Crippen molar-refractivity contribution in [2.75, 3.05) is 0 Å². The summed E-state index contributed by atoms with van der Waals surface area (Å²) in [5, 5.41) is 2.62. The molecule has 2 N–H and O–H groups in total. The number of benzene rings is 2. The van der Waals surface area contributed by atoms with E-state index in [9.17, 15) is 4.79 Å². The van der Waals surface area contributed by atoms with Crippen LogP contribution in [0.3, 0.4) is 0 Å². The number of primary amides is 1. The molecule has 3 nitrogen and oxygen atoms in total. The summed E-state index contributed by atoms with van der Waals surface area (Å²) in [4.78, 5) is 11.6. The van der Waals surface area contributed by atoms with Crippen molar-refractivity contribution in [2.24, 2.45) is 23.5 Å². The molecule has 142 valence electrons. The monoisotopic (exact) mass is 379 g/mol. The Morgan fingerprint density at radius 3 is 1.74 bits per heavy atom. The van der Waals surface area contributed by atoms with Crippen LogP contribution in [0.5, 0.6) is 0 Å². The van der Waals surface area contributed by atoms with Crippen LogP contribution in [0.2, 0.25) is 5.04 Å². The number of carbonyl (C=O) groups is 1. The molecule has 4 rings (SSSR count). The number of nitrogens with two attached hydrogens (primary N) is 1. The highest BCUT2D eigenvalue weighted by Gasteiger charge is 2.61. The molecule has 2 aromatic carbocycles. The van der Waals surface area contributed by atoms with E-state index in [4.69, 9.17) is 10.2 Å². The summed E-state index contributed by atoms with van der Waals surface area (Å²) >= 11 is 0. The zero-order valence-electron chi connectivity index (χ0n) is 16.4. The summed E-state index contributed by atoms with van der Waals surface area (Å²) in [7, 11) is -2.49. The van der Waals surface area contributed by atoms with Gasteiger partial charge in [-0.1, -0.05) is 81.4 Å². The van der Waals surface area contributed by atoms with Crippen LogP contribution in [-0.4, -0.2) is 20.3 Å². The molecule has 4 heteroatoms. The Morgan fingerprint density at radius 2 is 1.37 bits per heavy atom. The number of hydrogen-bond donors (Lipinski definition) is 1. The second-order valence-corrected chi connectivity index (χ2v) is 13.4. The maximum atomic E-state index is 11.6. The Morgan fingerprint density at radius 1 is 0.926 bits per heavy atom. The molecule has 1 amide bonds. The van der Waals surface area contributed by atoms with E-state index in [2.05, 4.69) is 81.4 Å². The van der Waals surface area contributed by atoms with Crippen molar-refractivity contribution in [3.63, 3.8) is 0 Å². The lowest BCUT2D eigenvalue weighted by Gasteiger charge is -2.45. The van der Waals surface area contributed by atoms with Crippen LogP contribution in [0, 0.1) is 17.8 Å². The van der Waals surface area contributed by atoms with Crippen molar-refractivity contribution in [1.29, 1.82) is 0 Å². The molecular formula is C23H29NO2Si. The lowest BCUT2D eigenvalue weighted by atomic mass is 10.1. The number of hydrogen-bond acceptors (Lipinski definition) is 2. The van der Waals surface area contributed by atoms with Gasteiger partial charge in [0.15, 0.2) is 0 Å². The van der Waals surface area contributed by atoms with E-state index in [0.29, 0.717) is 11.8 Å². The highest BCUT2D eigenvalue weighted by atomic mass is 28.4. The van der Waals surface area contributed by atoms with Crippen LogP contribution < -0.4 is 16.1 Å². The summed E-state index contributed by atoms with van der Waals surface area (Å²) < 4.78 is 7.15. The molecule has 2 aliphatic carbocycles. The van der Waals surface area contributed by atoms with E-state index >= 15 is 0 Å². The average molecular weight is 380 g/mol. The minimum Gasteiger partial charge on any atom is -0.404 e. The Hall–Kier alpha value is -1.91. The van der Waals surface area contributed by atoms with E-state index in [1.165, 1.54) is 10.4 Å². The molecule has 0 radical (unpaired) electrons. The van der Waals surface area contributed by atoms with Crippen molar-refractivity contribution in [1.82, 2.24) is 0 Å². The number of fused-ring (bicyclic) bond motifs is 1. The van der Waals surface area contributed by atoms with E-state index in [0.717, 1.165) is 12.8 Å². The van der Waals surface area contributed by atoms with E-state index in [1.807, 2.05) is 0 Å². The molecule has 2 saturated carbocycles. The molecule has 2 fully saturated rings. The van der Waals surface area contributed by atoms with Crippen molar-refractivity contribution < 1.29 is 9.22 Å². The molecular weight excluding hydrogens is 350 g/mol. The fraction of sp³-hybridized carbons (Fsp3) is 0.435. The average Bonchev–Trinajstić information content (AvgIpc) is 3.17. The second kappa shape index (κ2) is 6.61. The summed E-state index contributed by atoms with van der Waals surface area (Å²) in [6, 6.07) is 21.5. The predicted molar refractivity (Wildman–Crippen MR) is 111 cm³/mol. The Balaban J connectivity index is 1.72. The quantitative estimate of drug-likeness (QED) is 0.812. The number of rotatable bonds is 5. The van der Waals surface area contributed by atoms with Gasteiger partial charge in [-0.3, -0.25) is 4.79 Å². The predicted octanol–water partition coefficient (Wildman–Crippen LogP) is 3.07.